The van der Waals surface area contributed by atoms with Gasteiger partial charge in [0.1, 0.15) is 10.0 Å². The Morgan fingerprint density at radius 3 is 2.66 bits per heavy atom. The first-order chi connectivity index (χ1) is 16.6. The number of carbonyl (C=O) groups excluding carboxylic acids is 1. The Kier molecular flexibility index (Phi) is 9.45. The molecule has 9 nitrogen and oxygen atoms in total. The van der Waals surface area contributed by atoms with E-state index in [1.165, 1.54) is 28.6 Å². The van der Waals surface area contributed by atoms with E-state index in [-0.39, 0.29) is 35.0 Å². The number of carboxylic acids is 1. The average molecular weight is 548 g/mol. The predicted octanol–water partition coefficient (Wildman–Crippen LogP) is 3.93. The van der Waals surface area contributed by atoms with Gasteiger partial charge in [0.2, 0.25) is 15.2 Å². The lowest BCUT2D eigenvalue weighted by Gasteiger charge is -2.36. The lowest BCUT2D eigenvalue weighted by atomic mass is 9.86. The van der Waals surface area contributed by atoms with Gasteiger partial charge in [-0.15, -0.1) is 11.3 Å². The molecule has 1 aliphatic carbocycles. The van der Waals surface area contributed by atoms with Gasteiger partial charge in [0, 0.05) is 17.6 Å². The van der Waals surface area contributed by atoms with Crippen molar-refractivity contribution in [1.29, 1.82) is 0 Å². The number of aliphatic carboxylic acids is 1. The first kappa shape index (κ1) is 27.3. The number of aromatic nitrogens is 1. The Morgan fingerprint density at radius 1 is 1.34 bits per heavy atom. The van der Waals surface area contributed by atoms with Crippen LogP contribution in [0.5, 0.6) is 0 Å². The van der Waals surface area contributed by atoms with E-state index < -0.39 is 33.0 Å². The van der Waals surface area contributed by atoms with Crippen LogP contribution in [0.3, 0.4) is 0 Å². The summed E-state index contributed by atoms with van der Waals surface area (Å²) in [5, 5.41) is 9.83. The van der Waals surface area contributed by atoms with Gasteiger partial charge in [0.05, 0.1) is 24.9 Å². The molecule has 0 spiro atoms. The minimum atomic E-state index is -4.37. The largest absolute Gasteiger partial charge is 0.479 e. The van der Waals surface area contributed by atoms with Crippen LogP contribution in [0.25, 0.3) is 0 Å². The zero-order chi connectivity index (χ0) is 25.6. The molecule has 0 saturated heterocycles. The number of ether oxygens (including phenoxy) is 1. The number of carboxylic acid groups (broad SMARTS) is 1. The van der Waals surface area contributed by atoms with Crippen molar-refractivity contribution in [1.82, 2.24) is 15.2 Å². The van der Waals surface area contributed by atoms with Gasteiger partial charge in [-0.25, -0.2) is 22.4 Å². The summed E-state index contributed by atoms with van der Waals surface area (Å²) in [5.74, 6) is -1.65. The maximum Gasteiger partial charge on any atom is 0.342 e. The van der Waals surface area contributed by atoms with Crippen LogP contribution in [0.15, 0.2) is 34.1 Å². The number of sulfone groups is 1. The Morgan fingerprint density at radius 2 is 2.06 bits per heavy atom. The van der Waals surface area contributed by atoms with Crippen molar-refractivity contribution >= 4 is 44.8 Å². The lowest BCUT2D eigenvalue weighted by Crippen LogP contribution is -2.55. The van der Waals surface area contributed by atoms with Gasteiger partial charge in [0.15, 0.2) is 0 Å². The van der Waals surface area contributed by atoms with E-state index in [2.05, 4.69) is 17.2 Å². The van der Waals surface area contributed by atoms with Crippen molar-refractivity contribution in [3.63, 3.8) is 0 Å². The average Bonchev–Trinajstić information content (AvgIpc) is 3.35. The third-order valence-electron chi connectivity index (χ3n) is 5.92. The number of hydrogen-bond donors (Lipinski definition) is 2. The van der Waals surface area contributed by atoms with E-state index in [1.807, 2.05) is 0 Å². The first-order valence-corrected chi connectivity index (χ1v) is 13.8. The van der Waals surface area contributed by atoms with Crippen LogP contribution < -0.4 is 5.32 Å². The van der Waals surface area contributed by atoms with Crippen molar-refractivity contribution in [2.75, 3.05) is 13.2 Å². The zero-order valence-corrected chi connectivity index (χ0v) is 21.4. The van der Waals surface area contributed by atoms with E-state index in [0.717, 1.165) is 30.4 Å². The molecule has 1 fully saturated rings. The molecule has 3 rings (SSSR count). The summed E-state index contributed by atoms with van der Waals surface area (Å²) in [4.78, 5) is 30.1. The molecule has 2 N–H and O–H groups in total. The number of benzene rings is 1. The van der Waals surface area contributed by atoms with Crippen molar-refractivity contribution in [2.45, 2.75) is 54.8 Å². The third kappa shape index (κ3) is 7.12. The molecule has 0 bridgehead atoms. The summed E-state index contributed by atoms with van der Waals surface area (Å²) in [7, 11) is -4.37. The molecule has 1 aromatic carbocycles. The van der Waals surface area contributed by atoms with Crippen molar-refractivity contribution < 1.29 is 32.2 Å². The quantitative estimate of drug-likeness (QED) is 0.432. The van der Waals surface area contributed by atoms with Crippen LogP contribution in [0.2, 0.25) is 5.02 Å². The topological polar surface area (TPSA) is 126 Å². The maximum atomic E-state index is 13.2. The molecule has 1 aliphatic rings. The summed E-state index contributed by atoms with van der Waals surface area (Å²) >= 11 is 6.79. The Balaban J connectivity index is 1.70. The summed E-state index contributed by atoms with van der Waals surface area (Å²) in [6, 6.07) is 2.96. The molecule has 13 heteroatoms. The normalized spacial score (nSPS) is 19.2. The Bertz CT molecular complexity index is 1120. The Hall–Kier alpha value is -2.28. The first-order valence-electron chi connectivity index (χ1n) is 11.0. The molecule has 35 heavy (non-hydrogen) atoms. The van der Waals surface area contributed by atoms with E-state index in [9.17, 15) is 27.5 Å². The van der Waals surface area contributed by atoms with E-state index >= 15 is 0 Å². The molecular formula is C22H27ClFN3O6S2. The molecule has 2 amide bonds. The number of urea groups is 1. The number of thiazole rings is 1. The second kappa shape index (κ2) is 12.1. The SMILES string of the molecule is CC1CCC(N(CCOCc2ccc(F)cc2Cl)C(=O)NC(C(=O)O)S(=O)(=O)c2cncs2)CC1. The second-order valence-electron chi connectivity index (χ2n) is 8.43. The second-order valence-corrected chi connectivity index (χ2v) is 12.0. The van der Waals surface area contributed by atoms with Crippen molar-refractivity contribution in [3.8, 4) is 0 Å². The predicted molar refractivity (Wildman–Crippen MR) is 128 cm³/mol. The van der Waals surface area contributed by atoms with Gasteiger partial charge in [-0.3, -0.25) is 4.98 Å². The molecular weight excluding hydrogens is 521 g/mol. The van der Waals surface area contributed by atoms with E-state index in [1.54, 1.807) is 0 Å². The zero-order valence-electron chi connectivity index (χ0n) is 19.0. The van der Waals surface area contributed by atoms with Crippen LogP contribution in [0.4, 0.5) is 9.18 Å². The van der Waals surface area contributed by atoms with Crippen molar-refractivity contribution in [2.24, 2.45) is 5.92 Å². The third-order valence-corrected chi connectivity index (χ3v) is 9.42. The van der Waals surface area contributed by atoms with Crippen LogP contribution >= 0.6 is 22.9 Å². The molecule has 1 heterocycles. The molecule has 0 radical (unpaired) electrons. The highest BCUT2D eigenvalue weighted by Crippen LogP contribution is 2.28. The highest BCUT2D eigenvalue weighted by atomic mass is 35.5. The molecule has 1 aromatic heterocycles. The van der Waals surface area contributed by atoms with E-state index in [4.69, 9.17) is 16.3 Å². The molecule has 1 atom stereocenters. The molecule has 1 unspecified atom stereocenters. The fraction of sp³-hybridized carbons (Fsp3) is 0.500. The minimum Gasteiger partial charge on any atom is -0.479 e. The number of hydrogen-bond acceptors (Lipinski definition) is 7. The van der Waals surface area contributed by atoms with Gasteiger partial charge < -0.3 is 20.1 Å². The van der Waals surface area contributed by atoms with Crippen LogP contribution in [0.1, 0.15) is 38.2 Å². The summed E-state index contributed by atoms with van der Waals surface area (Å²) < 4.78 is 44.2. The van der Waals surface area contributed by atoms with Gasteiger partial charge in [-0.2, -0.15) is 0 Å². The van der Waals surface area contributed by atoms with Crippen LogP contribution in [-0.4, -0.2) is 60.0 Å². The maximum absolute atomic E-state index is 13.2. The highest BCUT2D eigenvalue weighted by Gasteiger charge is 2.38. The number of nitrogens with one attached hydrogen (secondary N) is 1. The number of rotatable bonds is 10. The number of amides is 2. The fourth-order valence-corrected chi connectivity index (χ4v) is 6.40. The standard InChI is InChI=1S/C22H27ClFN3O6S2/c1-14-2-6-17(7-3-14)27(8-9-33-12-15-4-5-16(24)10-18(15)23)22(30)26-20(21(28)29)35(31,32)19-11-25-13-34-19/h4-5,10-11,13-14,17,20H,2-3,6-9,12H2,1H3,(H,26,30)(H,28,29). The number of nitrogens with zero attached hydrogens (tertiary/aromatic N) is 2. The lowest BCUT2D eigenvalue weighted by molar-refractivity contribution is -0.137. The molecule has 1 saturated carbocycles. The monoisotopic (exact) mass is 547 g/mol. The van der Waals surface area contributed by atoms with E-state index in [0.29, 0.717) is 24.3 Å². The fourth-order valence-electron chi connectivity index (χ4n) is 3.92. The molecule has 0 aliphatic heterocycles. The minimum absolute atomic E-state index is 0.0898. The van der Waals surface area contributed by atoms with Gasteiger partial charge >= 0.3 is 12.0 Å². The van der Waals surface area contributed by atoms with Crippen LogP contribution in [0, 0.1) is 11.7 Å². The Labute approximate surface area is 212 Å². The van der Waals surface area contributed by atoms with Gasteiger partial charge in [0.25, 0.3) is 0 Å². The molecule has 2 aromatic rings. The smallest absolute Gasteiger partial charge is 0.342 e. The molecule has 192 valence electrons. The van der Waals surface area contributed by atoms with Gasteiger partial charge in [-0.1, -0.05) is 24.6 Å². The van der Waals surface area contributed by atoms with Gasteiger partial charge in [-0.05, 0) is 49.3 Å². The number of halogens is 2. The summed E-state index contributed by atoms with van der Waals surface area (Å²) in [6.45, 7) is 2.41. The highest BCUT2D eigenvalue weighted by molar-refractivity contribution is 7.94. The summed E-state index contributed by atoms with van der Waals surface area (Å²) in [6.07, 6.45) is 4.25. The summed E-state index contributed by atoms with van der Waals surface area (Å²) in [5.41, 5.74) is 1.85. The van der Waals surface area contributed by atoms with Crippen LogP contribution in [-0.2, 0) is 26.0 Å². The number of carbonyl (C=O) groups is 2. The van der Waals surface area contributed by atoms with Crippen molar-refractivity contribution in [3.05, 3.63) is 46.3 Å².